The highest BCUT2D eigenvalue weighted by molar-refractivity contribution is 7.98. The second kappa shape index (κ2) is 8.81. The van der Waals surface area contributed by atoms with Crippen molar-refractivity contribution in [1.82, 2.24) is 45.5 Å². The van der Waals surface area contributed by atoms with E-state index in [1.165, 1.54) is 16.4 Å². The second-order valence-corrected chi connectivity index (χ2v) is 7.93. The molecule has 1 amide bonds. The van der Waals surface area contributed by atoms with E-state index in [4.69, 9.17) is 15.2 Å². The number of hydrogen-bond donors (Lipinski definition) is 2. The van der Waals surface area contributed by atoms with Crippen LogP contribution in [0.25, 0.3) is 5.82 Å². The molecule has 1 aliphatic heterocycles. The van der Waals surface area contributed by atoms with Gasteiger partial charge in [0.15, 0.2) is 22.3 Å². The summed E-state index contributed by atoms with van der Waals surface area (Å²) in [6.07, 6.45) is 1.57. The fourth-order valence-corrected chi connectivity index (χ4v) is 3.91. The fraction of sp³-hybridized carbons (Fsp3) is 0.222. The van der Waals surface area contributed by atoms with E-state index in [2.05, 4.69) is 46.0 Å². The number of amides is 1. The molecule has 4 heterocycles. The van der Waals surface area contributed by atoms with Crippen LogP contribution in [-0.4, -0.2) is 58.5 Å². The van der Waals surface area contributed by atoms with Crippen LogP contribution >= 0.6 is 11.8 Å². The summed E-state index contributed by atoms with van der Waals surface area (Å²) >= 11 is 1.32. The van der Waals surface area contributed by atoms with Crippen molar-refractivity contribution in [3.05, 3.63) is 41.5 Å². The largest absolute Gasteiger partial charge is 0.454 e. The van der Waals surface area contributed by atoms with Crippen LogP contribution < -0.4 is 20.6 Å². The molecule has 4 aromatic rings. The van der Waals surface area contributed by atoms with Crippen molar-refractivity contribution in [2.75, 3.05) is 12.5 Å². The number of nitrogens with one attached hydrogen (secondary N) is 1. The molecule has 174 valence electrons. The average molecular weight is 483 g/mol. The number of aryl methyl sites for hydroxylation is 1. The van der Waals surface area contributed by atoms with Gasteiger partial charge in [0.2, 0.25) is 18.4 Å². The minimum absolute atomic E-state index is 0.00144. The Morgan fingerprint density at radius 2 is 2.12 bits per heavy atom. The first-order valence-electron chi connectivity index (χ1n) is 9.75. The minimum atomic E-state index is -0.574. The number of benzene rings is 1. The summed E-state index contributed by atoms with van der Waals surface area (Å²) in [5, 5.41) is 28.0. The summed E-state index contributed by atoms with van der Waals surface area (Å²) < 4.78 is 18.4. The molecule has 0 saturated heterocycles. The van der Waals surface area contributed by atoms with Crippen LogP contribution in [0.4, 0.5) is 5.82 Å². The second-order valence-electron chi connectivity index (χ2n) is 6.99. The maximum atomic E-state index is 13.0. The maximum Gasteiger partial charge on any atom is 0.293 e. The molecule has 5 rings (SSSR count). The Morgan fingerprint density at radius 1 is 1.26 bits per heavy atom. The van der Waals surface area contributed by atoms with E-state index in [1.54, 1.807) is 37.0 Å². The quantitative estimate of drug-likeness (QED) is 0.211. The number of aromatic nitrogens is 8. The van der Waals surface area contributed by atoms with E-state index in [1.807, 2.05) is 6.07 Å². The van der Waals surface area contributed by atoms with Gasteiger partial charge in [-0.1, -0.05) is 17.0 Å². The molecule has 0 fully saturated rings. The van der Waals surface area contributed by atoms with E-state index >= 15 is 0 Å². The molecule has 16 heteroatoms. The number of carbonyl (C=O) groups is 1. The number of nitrogens with zero attached hydrogens (tertiary/aromatic N) is 9. The fourth-order valence-electron chi connectivity index (χ4n) is 3.03. The highest BCUT2D eigenvalue weighted by Gasteiger charge is 2.24. The van der Waals surface area contributed by atoms with Crippen molar-refractivity contribution in [2.24, 2.45) is 12.1 Å². The number of fused-ring (bicyclic) bond motifs is 1. The number of rotatable bonds is 7. The predicted octanol–water partition coefficient (Wildman–Crippen LogP) is 0.536. The number of nitrogens with two attached hydrogens (primary N) is 1. The lowest BCUT2D eigenvalue weighted by Gasteiger charge is -2.06. The van der Waals surface area contributed by atoms with Crippen molar-refractivity contribution in [1.29, 1.82) is 0 Å². The normalized spacial score (nSPS) is 12.8. The lowest BCUT2D eigenvalue weighted by molar-refractivity contribution is 0.0949. The van der Waals surface area contributed by atoms with Crippen LogP contribution in [0, 0.1) is 0 Å². The van der Waals surface area contributed by atoms with Gasteiger partial charge in [0, 0.05) is 18.4 Å². The van der Waals surface area contributed by atoms with E-state index in [0.717, 1.165) is 5.56 Å². The zero-order valence-electron chi connectivity index (χ0n) is 17.9. The van der Waals surface area contributed by atoms with Crippen molar-refractivity contribution in [3.63, 3.8) is 0 Å². The molecule has 0 saturated carbocycles. The summed E-state index contributed by atoms with van der Waals surface area (Å²) in [6.45, 7) is 1.92. The molecular formula is C18H17N11O4S. The van der Waals surface area contributed by atoms with Gasteiger partial charge >= 0.3 is 0 Å². The molecule has 0 aliphatic carbocycles. The lowest BCUT2D eigenvalue weighted by atomic mass is 10.1. The Balaban J connectivity index is 1.40. The number of carbonyl (C=O) groups excluding carboxylic acids is 1. The molecule has 3 N–H and O–H groups in total. The van der Waals surface area contributed by atoms with Gasteiger partial charge < -0.3 is 19.8 Å². The van der Waals surface area contributed by atoms with Crippen molar-refractivity contribution < 1.29 is 18.9 Å². The third-order valence-corrected chi connectivity index (χ3v) is 5.84. The van der Waals surface area contributed by atoms with E-state index in [-0.39, 0.29) is 29.9 Å². The van der Waals surface area contributed by atoms with Gasteiger partial charge in [-0.15, -0.1) is 15.3 Å². The molecule has 0 unspecified atom stereocenters. The molecule has 0 spiro atoms. The minimum Gasteiger partial charge on any atom is -0.454 e. The number of thioether (sulfide) groups is 1. The molecule has 15 nitrogen and oxygen atoms in total. The zero-order valence-corrected chi connectivity index (χ0v) is 18.7. The van der Waals surface area contributed by atoms with Crippen LogP contribution in [0.3, 0.4) is 0 Å². The Bertz CT molecular complexity index is 1390. The molecule has 1 aliphatic rings. The van der Waals surface area contributed by atoms with Gasteiger partial charge in [-0.3, -0.25) is 4.79 Å². The summed E-state index contributed by atoms with van der Waals surface area (Å²) in [4.78, 5) is 13.0. The maximum absolute atomic E-state index is 13.0. The number of nitrogen functional groups attached to an aromatic ring is 1. The van der Waals surface area contributed by atoms with Gasteiger partial charge in [-0.25, -0.2) is 10.1 Å². The topological polar surface area (TPSA) is 186 Å². The SMILES string of the molecule is C/C(=N\NC(=O)c1nnn(-c2nonc2N)c1CSc1nncn1C)c1ccc2c(c1)OCO2. The summed E-state index contributed by atoms with van der Waals surface area (Å²) in [5.74, 6) is 1.06. The summed E-state index contributed by atoms with van der Waals surface area (Å²) in [7, 11) is 1.80. The first kappa shape index (κ1) is 21.4. The van der Waals surface area contributed by atoms with Gasteiger partial charge in [0.1, 0.15) is 6.33 Å². The third kappa shape index (κ3) is 4.01. The van der Waals surface area contributed by atoms with Gasteiger partial charge in [0.25, 0.3) is 5.91 Å². The third-order valence-electron chi connectivity index (χ3n) is 4.80. The van der Waals surface area contributed by atoms with Crippen LogP contribution in [0.5, 0.6) is 11.5 Å². The first-order chi connectivity index (χ1) is 16.5. The molecule has 0 radical (unpaired) electrons. The van der Waals surface area contributed by atoms with Crippen molar-refractivity contribution >= 4 is 29.2 Å². The predicted molar refractivity (Wildman–Crippen MR) is 116 cm³/mol. The molecule has 1 aromatic carbocycles. The van der Waals surface area contributed by atoms with E-state index in [0.29, 0.717) is 28.1 Å². The van der Waals surface area contributed by atoms with Crippen LogP contribution in [0.2, 0.25) is 0 Å². The lowest BCUT2D eigenvalue weighted by Crippen LogP contribution is -2.21. The highest BCUT2D eigenvalue weighted by Crippen LogP contribution is 2.32. The average Bonchev–Trinajstić information content (AvgIpc) is 3.62. The van der Waals surface area contributed by atoms with Crippen LogP contribution in [0.1, 0.15) is 28.7 Å². The molecule has 0 atom stereocenters. The van der Waals surface area contributed by atoms with Gasteiger partial charge in [-0.05, 0) is 35.4 Å². The standard InChI is InChI=1S/C18H17N11O4S/c1-9(10-3-4-12-13(5-10)32-8-31-12)21-23-17(30)14-11(6-34-18-24-20-7-28(18)2)29(27-22-14)16-15(19)25-33-26-16/h3-5,7H,6,8H2,1-2H3,(H2,19,25)(H,23,30)/b21-9+. The van der Waals surface area contributed by atoms with Crippen molar-refractivity contribution in [2.45, 2.75) is 17.8 Å². The number of hydrogen-bond acceptors (Lipinski definition) is 13. The molecule has 0 bridgehead atoms. The Hall–Kier alpha value is -4.47. The Labute approximate surface area is 195 Å². The monoisotopic (exact) mass is 483 g/mol. The van der Waals surface area contributed by atoms with Crippen LogP contribution in [0.15, 0.2) is 39.4 Å². The zero-order chi connectivity index (χ0) is 23.7. The smallest absolute Gasteiger partial charge is 0.293 e. The van der Waals surface area contributed by atoms with Crippen LogP contribution in [-0.2, 0) is 12.8 Å². The number of ether oxygens (including phenoxy) is 2. The van der Waals surface area contributed by atoms with Crippen molar-refractivity contribution in [3.8, 4) is 17.3 Å². The summed E-state index contributed by atoms with van der Waals surface area (Å²) in [6, 6.07) is 5.38. The first-order valence-corrected chi connectivity index (χ1v) is 10.7. The van der Waals surface area contributed by atoms with Gasteiger partial charge in [0.05, 0.1) is 11.4 Å². The highest BCUT2D eigenvalue weighted by atomic mass is 32.2. The summed E-state index contributed by atoms with van der Waals surface area (Å²) in [5.41, 5.74) is 10.1. The number of anilines is 1. The molecule has 3 aromatic heterocycles. The molecular weight excluding hydrogens is 466 g/mol. The Kier molecular flexibility index (Phi) is 5.54. The number of hydrazone groups is 1. The molecule has 34 heavy (non-hydrogen) atoms. The van der Waals surface area contributed by atoms with Gasteiger partial charge in [-0.2, -0.15) is 9.78 Å². The van der Waals surface area contributed by atoms with E-state index < -0.39 is 5.91 Å². The Morgan fingerprint density at radius 3 is 2.88 bits per heavy atom. The van der Waals surface area contributed by atoms with E-state index in [9.17, 15) is 4.79 Å².